The van der Waals surface area contributed by atoms with Crippen molar-refractivity contribution in [1.29, 1.82) is 0 Å². The average molecular weight is 327 g/mol. The molecule has 23 heavy (non-hydrogen) atoms. The molecule has 0 saturated carbocycles. The van der Waals surface area contributed by atoms with Crippen molar-refractivity contribution in [2.45, 2.75) is 6.54 Å². The van der Waals surface area contributed by atoms with Crippen LogP contribution in [0.1, 0.15) is 21.7 Å². The van der Waals surface area contributed by atoms with Gasteiger partial charge in [0.05, 0.1) is 12.7 Å². The SMILES string of the molecule is COc1ccc(Cl)cc1C(=O)c1nccn1Cc1ccccc1. The molecular formula is C18H15ClN2O2. The molecule has 0 atom stereocenters. The smallest absolute Gasteiger partial charge is 0.232 e. The minimum atomic E-state index is -0.217. The zero-order chi connectivity index (χ0) is 16.2. The number of nitrogens with zero attached hydrogens (tertiary/aromatic N) is 2. The lowest BCUT2D eigenvalue weighted by Crippen LogP contribution is -2.13. The number of aromatic nitrogens is 2. The summed E-state index contributed by atoms with van der Waals surface area (Å²) < 4.78 is 7.08. The van der Waals surface area contributed by atoms with E-state index in [2.05, 4.69) is 4.98 Å². The highest BCUT2D eigenvalue weighted by Gasteiger charge is 2.19. The molecule has 2 aromatic carbocycles. The Hall–Kier alpha value is -2.59. The summed E-state index contributed by atoms with van der Waals surface area (Å²) in [6, 6.07) is 14.9. The molecule has 1 aromatic heterocycles. The van der Waals surface area contributed by atoms with E-state index in [9.17, 15) is 4.79 Å². The van der Waals surface area contributed by atoms with Crippen LogP contribution in [-0.4, -0.2) is 22.4 Å². The van der Waals surface area contributed by atoms with Crippen LogP contribution in [0.25, 0.3) is 0 Å². The third kappa shape index (κ3) is 3.27. The first kappa shape index (κ1) is 15.3. The fourth-order valence-corrected chi connectivity index (χ4v) is 2.58. The summed E-state index contributed by atoms with van der Waals surface area (Å²) >= 11 is 6.01. The Balaban J connectivity index is 1.95. The average Bonchev–Trinajstić information content (AvgIpc) is 3.03. The van der Waals surface area contributed by atoms with Gasteiger partial charge in [-0.1, -0.05) is 41.9 Å². The van der Waals surface area contributed by atoms with Crippen molar-refractivity contribution in [3.05, 3.63) is 82.9 Å². The van der Waals surface area contributed by atoms with Crippen LogP contribution in [0, 0.1) is 0 Å². The zero-order valence-electron chi connectivity index (χ0n) is 12.6. The number of methoxy groups -OCH3 is 1. The lowest BCUT2D eigenvalue weighted by Gasteiger charge is -2.10. The number of hydrogen-bond acceptors (Lipinski definition) is 3. The van der Waals surface area contributed by atoms with Crippen molar-refractivity contribution in [2.24, 2.45) is 0 Å². The first-order chi connectivity index (χ1) is 11.2. The van der Waals surface area contributed by atoms with Gasteiger partial charge in [-0.3, -0.25) is 4.79 Å². The Kier molecular flexibility index (Phi) is 4.44. The van der Waals surface area contributed by atoms with Crippen LogP contribution in [-0.2, 0) is 6.54 Å². The molecule has 3 rings (SSSR count). The van der Waals surface area contributed by atoms with E-state index in [0.29, 0.717) is 28.7 Å². The van der Waals surface area contributed by atoms with Crippen molar-refractivity contribution in [3.63, 3.8) is 0 Å². The van der Waals surface area contributed by atoms with Crippen molar-refractivity contribution in [2.75, 3.05) is 7.11 Å². The summed E-state index contributed by atoms with van der Waals surface area (Å²) in [5, 5.41) is 0.482. The van der Waals surface area contributed by atoms with E-state index < -0.39 is 0 Å². The van der Waals surface area contributed by atoms with E-state index in [1.165, 1.54) is 7.11 Å². The number of rotatable bonds is 5. The quantitative estimate of drug-likeness (QED) is 0.669. The normalized spacial score (nSPS) is 10.5. The van der Waals surface area contributed by atoms with Gasteiger partial charge in [0, 0.05) is 24.0 Å². The topological polar surface area (TPSA) is 44.1 Å². The first-order valence-corrected chi connectivity index (χ1v) is 7.50. The molecule has 3 aromatic rings. The second kappa shape index (κ2) is 6.67. The molecule has 0 radical (unpaired) electrons. The fraction of sp³-hybridized carbons (Fsp3) is 0.111. The summed E-state index contributed by atoms with van der Waals surface area (Å²) in [5.41, 5.74) is 1.50. The van der Waals surface area contributed by atoms with Crippen LogP contribution >= 0.6 is 11.6 Å². The minimum absolute atomic E-state index is 0.217. The van der Waals surface area contributed by atoms with Gasteiger partial charge in [-0.2, -0.15) is 0 Å². The second-order valence-corrected chi connectivity index (χ2v) is 5.47. The number of ketones is 1. The number of halogens is 1. The standard InChI is InChI=1S/C18H15ClN2O2/c1-23-16-8-7-14(19)11-15(16)17(22)18-20-9-10-21(18)12-13-5-3-2-4-6-13/h2-11H,12H2,1H3. The van der Waals surface area contributed by atoms with Gasteiger partial charge in [0.15, 0.2) is 5.82 Å². The number of ether oxygens (including phenoxy) is 1. The lowest BCUT2D eigenvalue weighted by molar-refractivity contribution is 0.102. The lowest BCUT2D eigenvalue weighted by atomic mass is 10.1. The van der Waals surface area contributed by atoms with Crippen LogP contribution in [0.3, 0.4) is 0 Å². The maximum Gasteiger partial charge on any atom is 0.232 e. The highest BCUT2D eigenvalue weighted by Crippen LogP contribution is 2.25. The van der Waals surface area contributed by atoms with Gasteiger partial charge in [-0.05, 0) is 23.8 Å². The molecule has 4 nitrogen and oxygen atoms in total. The molecule has 0 unspecified atom stereocenters. The van der Waals surface area contributed by atoms with Crippen LogP contribution in [0.4, 0.5) is 0 Å². The molecule has 0 saturated heterocycles. The Morgan fingerprint density at radius 3 is 2.74 bits per heavy atom. The minimum Gasteiger partial charge on any atom is -0.496 e. The van der Waals surface area contributed by atoms with Gasteiger partial charge < -0.3 is 9.30 Å². The number of benzene rings is 2. The second-order valence-electron chi connectivity index (χ2n) is 5.04. The van der Waals surface area contributed by atoms with Crippen LogP contribution in [0.2, 0.25) is 5.02 Å². The summed E-state index contributed by atoms with van der Waals surface area (Å²) in [7, 11) is 1.52. The van der Waals surface area contributed by atoms with Gasteiger partial charge in [0.25, 0.3) is 0 Å². The molecule has 0 bridgehead atoms. The Morgan fingerprint density at radius 2 is 2.00 bits per heavy atom. The van der Waals surface area contributed by atoms with Crippen molar-refractivity contribution >= 4 is 17.4 Å². The number of imidazole rings is 1. The van der Waals surface area contributed by atoms with E-state index in [0.717, 1.165) is 5.56 Å². The van der Waals surface area contributed by atoms with E-state index >= 15 is 0 Å². The van der Waals surface area contributed by atoms with Gasteiger partial charge in [-0.25, -0.2) is 4.98 Å². The van der Waals surface area contributed by atoms with Gasteiger partial charge in [-0.15, -0.1) is 0 Å². The monoisotopic (exact) mass is 326 g/mol. The molecule has 116 valence electrons. The van der Waals surface area contributed by atoms with E-state index in [4.69, 9.17) is 16.3 Å². The molecule has 0 fully saturated rings. The Bertz CT molecular complexity index is 828. The summed E-state index contributed by atoms with van der Waals surface area (Å²) in [5.74, 6) is 0.619. The van der Waals surface area contributed by atoms with Crippen LogP contribution < -0.4 is 4.74 Å². The molecule has 0 N–H and O–H groups in total. The summed E-state index contributed by atoms with van der Waals surface area (Å²) in [6.45, 7) is 0.574. The van der Waals surface area contributed by atoms with E-state index in [-0.39, 0.29) is 5.78 Å². The zero-order valence-corrected chi connectivity index (χ0v) is 13.3. The Labute approximate surface area is 139 Å². The largest absolute Gasteiger partial charge is 0.496 e. The van der Waals surface area contributed by atoms with Crippen LogP contribution in [0.5, 0.6) is 5.75 Å². The summed E-state index contributed by atoms with van der Waals surface area (Å²) in [6.07, 6.45) is 3.41. The maximum absolute atomic E-state index is 12.8. The molecule has 0 amide bonds. The third-order valence-corrected chi connectivity index (χ3v) is 3.76. The number of hydrogen-bond donors (Lipinski definition) is 0. The predicted molar refractivity (Wildman–Crippen MR) is 89.2 cm³/mol. The molecule has 0 aliphatic carbocycles. The predicted octanol–water partition coefficient (Wildman–Crippen LogP) is 3.82. The first-order valence-electron chi connectivity index (χ1n) is 7.12. The number of carbonyl (C=O) groups excluding carboxylic acids is 1. The van der Waals surface area contributed by atoms with Crippen molar-refractivity contribution < 1.29 is 9.53 Å². The highest BCUT2D eigenvalue weighted by atomic mass is 35.5. The van der Waals surface area contributed by atoms with Crippen molar-refractivity contribution in [3.8, 4) is 5.75 Å². The van der Waals surface area contributed by atoms with Gasteiger partial charge in [0.2, 0.25) is 5.78 Å². The maximum atomic E-state index is 12.8. The molecule has 0 aliphatic heterocycles. The van der Waals surface area contributed by atoms with Gasteiger partial charge >= 0.3 is 0 Å². The molecule has 0 aliphatic rings. The molecule has 0 spiro atoms. The Morgan fingerprint density at radius 1 is 1.22 bits per heavy atom. The molecular weight excluding hydrogens is 312 g/mol. The van der Waals surface area contributed by atoms with Crippen molar-refractivity contribution in [1.82, 2.24) is 9.55 Å². The van der Waals surface area contributed by atoms with Gasteiger partial charge in [0.1, 0.15) is 5.75 Å². The van der Waals surface area contributed by atoms with E-state index in [1.807, 2.05) is 34.9 Å². The van der Waals surface area contributed by atoms with Crippen LogP contribution in [0.15, 0.2) is 60.9 Å². The highest BCUT2D eigenvalue weighted by molar-refractivity contribution is 6.31. The summed E-state index contributed by atoms with van der Waals surface area (Å²) in [4.78, 5) is 17.0. The molecule has 5 heteroatoms. The fourth-order valence-electron chi connectivity index (χ4n) is 2.40. The molecule has 1 heterocycles. The van der Waals surface area contributed by atoms with E-state index in [1.54, 1.807) is 30.6 Å². The third-order valence-electron chi connectivity index (χ3n) is 3.52. The number of carbonyl (C=O) groups is 1.